The summed E-state index contributed by atoms with van der Waals surface area (Å²) in [5.74, 6) is 0. The quantitative estimate of drug-likeness (QED) is 0.160. The number of fused-ring (bicyclic) bond motifs is 3. The molecule has 4 rings (SSSR count). The number of benzene rings is 2. The lowest BCUT2D eigenvalue weighted by atomic mass is 9.50. The third kappa shape index (κ3) is 6.52. The van der Waals surface area contributed by atoms with Crippen molar-refractivity contribution in [3.63, 3.8) is 0 Å². The van der Waals surface area contributed by atoms with Crippen LogP contribution < -0.4 is 5.46 Å². The third-order valence-electron chi connectivity index (χ3n) is 11.1. The van der Waals surface area contributed by atoms with Gasteiger partial charge in [0.1, 0.15) is 0 Å². The van der Waals surface area contributed by atoms with Crippen LogP contribution in [-0.2, 0) is 20.1 Å². The Labute approximate surface area is 253 Å². The first-order chi connectivity index (χ1) is 19.5. The largest absolute Gasteiger partial charge is 0.494 e. The Morgan fingerprint density at radius 2 is 1.05 bits per heavy atom. The highest BCUT2D eigenvalue weighted by Crippen LogP contribution is 2.58. The Balaban J connectivity index is 1.71. The summed E-state index contributed by atoms with van der Waals surface area (Å²) < 4.78 is 13.1. The first-order valence-corrected chi connectivity index (χ1v) is 17.1. The van der Waals surface area contributed by atoms with Crippen LogP contribution in [0.4, 0.5) is 0 Å². The highest BCUT2D eigenvalue weighted by Gasteiger charge is 2.54. The van der Waals surface area contributed by atoms with Gasteiger partial charge in [0, 0.05) is 5.41 Å². The van der Waals surface area contributed by atoms with Gasteiger partial charge in [-0.1, -0.05) is 147 Å². The average Bonchev–Trinajstić information content (AvgIpc) is 3.16. The first kappa shape index (κ1) is 32.3. The van der Waals surface area contributed by atoms with Crippen molar-refractivity contribution in [3.8, 4) is 11.1 Å². The number of hydrogen-bond acceptors (Lipinski definition) is 2. The van der Waals surface area contributed by atoms with Gasteiger partial charge in [0.2, 0.25) is 0 Å². The standard InChI is InChI=1S/C38H59BO2/c1-9-11-13-15-17-21-27-38(28-22-18-16-14-12-10-2)33-24-20-19-23-31(33)32-26-25-30(29-34(32)35(38,3)4)39-40-36(5,6)37(7,8)41-39/h19-20,23-26,29H,9-18,21-22,27-28H2,1-8H3. The van der Waals surface area contributed by atoms with E-state index >= 15 is 0 Å². The van der Waals surface area contributed by atoms with E-state index in [2.05, 4.69) is 97.9 Å². The molecule has 0 bridgehead atoms. The molecule has 1 aliphatic carbocycles. The molecule has 2 nitrogen and oxygen atoms in total. The maximum atomic E-state index is 6.53. The third-order valence-corrected chi connectivity index (χ3v) is 11.1. The molecule has 0 spiro atoms. The molecular formula is C38H59BO2. The zero-order valence-corrected chi connectivity index (χ0v) is 27.8. The van der Waals surface area contributed by atoms with Gasteiger partial charge in [-0.25, -0.2) is 0 Å². The summed E-state index contributed by atoms with van der Waals surface area (Å²) in [6.07, 6.45) is 18.7. The maximum absolute atomic E-state index is 6.53. The Kier molecular flexibility index (Phi) is 10.6. The molecule has 2 aromatic carbocycles. The van der Waals surface area contributed by atoms with E-state index in [0.717, 1.165) is 5.46 Å². The summed E-state index contributed by atoms with van der Waals surface area (Å²) >= 11 is 0. The van der Waals surface area contributed by atoms with E-state index in [1.54, 1.807) is 5.56 Å². The van der Waals surface area contributed by atoms with Crippen LogP contribution in [0, 0.1) is 0 Å². The van der Waals surface area contributed by atoms with Gasteiger partial charge >= 0.3 is 7.12 Å². The fraction of sp³-hybridized carbons (Fsp3) is 0.684. The van der Waals surface area contributed by atoms with Crippen molar-refractivity contribution in [2.45, 2.75) is 167 Å². The highest BCUT2D eigenvalue weighted by molar-refractivity contribution is 6.62. The molecule has 0 unspecified atom stereocenters. The van der Waals surface area contributed by atoms with E-state index in [1.807, 2.05) is 0 Å². The fourth-order valence-electron chi connectivity index (χ4n) is 7.60. The van der Waals surface area contributed by atoms with Crippen LogP contribution in [0.25, 0.3) is 11.1 Å². The van der Waals surface area contributed by atoms with Gasteiger partial charge in [0.15, 0.2) is 0 Å². The summed E-state index contributed by atoms with van der Waals surface area (Å²) in [6.45, 7) is 18.3. The second-order valence-electron chi connectivity index (χ2n) is 14.7. The van der Waals surface area contributed by atoms with E-state index in [4.69, 9.17) is 9.31 Å². The van der Waals surface area contributed by atoms with Gasteiger partial charge in [0.25, 0.3) is 0 Å². The molecular weight excluding hydrogens is 499 g/mol. The van der Waals surface area contributed by atoms with Crippen molar-refractivity contribution >= 4 is 12.6 Å². The van der Waals surface area contributed by atoms with E-state index in [-0.39, 0.29) is 29.2 Å². The monoisotopic (exact) mass is 558 g/mol. The van der Waals surface area contributed by atoms with Crippen LogP contribution in [0.15, 0.2) is 42.5 Å². The second kappa shape index (κ2) is 13.4. The molecule has 0 saturated carbocycles. The predicted octanol–water partition coefficient (Wildman–Crippen LogP) is 10.7. The lowest BCUT2D eigenvalue weighted by Gasteiger charge is -2.53. The zero-order chi connectivity index (χ0) is 29.7. The van der Waals surface area contributed by atoms with Crippen LogP contribution in [-0.4, -0.2) is 18.3 Å². The minimum Gasteiger partial charge on any atom is -0.399 e. The number of unbranched alkanes of at least 4 members (excludes halogenated alkanes) is 10. The topological polar surface area (TPSA) is 18.5 Å². The van der Waals surface area contributed by atoms with E-state index in [0.29, 0.717) is 0 Å². The molecule has 2 aromatic rings. The van der Waals surface area contributed by atoms with Gasteiger partial charge in [-0.3, -0.25) is 0 Å². The predicted molar refractivity (Wildman–Crippen MR) is 178 cm³/mol. The molecule has 0 N–H and O–H groups in total. The Bertz CT molecular complexity index is 1100. The minimum atomic E-state index is -0.338. The average molecular weight is 559 g/mol. The molecule has 1 aliphatic heterocycles. The smallest absolute Gasteiger partial charge is 0.399 e. The molecule has 3 heteroatoms. The molecule has 0 amide bonds. The molecule has 0 atom stereocenters. The van der Waals surface area contributed by atoms with Crippen molar-refractivity contribution in [1.82, 2.24) is 0 Å². The Morgan fingerprint density at radius 1 is 0.561 bits per heavy atom. The van der Waals surface area contributed by atoms with Crippen LogP contribution in [0.2, 0.25) is 0 Å². The van der Waals surface area contributed by atoms with Crippen molar-refractivity contribution < 1.29 is 9.31 Å². The van der Waals surface area contributed by atoms with Gasteiger partial charge < -0.3 is 9.31 Å². The molecule has 226 valence electrons. The SMILES string of the molecule is CCCCCCCCC1(CCCCCCCC)c2ccccc2-c2ccc(B3OC(C)(C)C(C)(C)O3)cc2C1(C)C. The van der Waals surface area contributed by atoms with Gasteiger partial charge in [-0.05, 0) is 73.7 Å². The Morgan fingerprint density at radius 3 is 1.61 bits per heavy atom. The maximum Gasteiger partial charge on any atom is 0.494 e. The fourth-order valence-corrected chi connectivity index (χ4v) is 7.60. The number of hydrogen-bond donors (Lipinski definition) is 0. The minimum absolute atomic E-state index is 0.00315. The molecule has 1 saturated heterocycles. The molecule has 2 aliphatic rings. The molecule has 1 fully saturated rings. The lowest BCUT2D eigenvalue weighted by molar-refractivity contribution is 0.00578. The summed E-state index contributed by atoms with van der Waals surface area (Å²) in [5, 5.41) is 0. The van der Waals surface area contributed by atoms with Crippen LogP contribution in [0.1, 0.15) is 156 Å². The van der Waals surface area contributed by atoms with Crippen LogP contribution >= 0.6 is 0 Å². The van der Waals surface area contributed by atoms with E-state index < -0.39 is 0 Å². The molecule has 1 heterocycles. The van der Waals surface area contributed by atoms with Gasteiger partial charge in [-0.15, -0.1) is 0 Å². The summed E-state index contributed by atoms with van der Waals surface area (Å²) in [6, 6.07) is 16.4. The molecule has 0 aromatic heterocycles. The van der Waals surface area contributed by atoms with Gasteiger partial charge in [0.05, 0.1) is 11.2 Å². The summed E-state index contributed by atoms with van der Waals surface area (Å²) in [7, 11) is -0.329. The Hall–Kier alpha value is -1.58. The molecule has 0 radical (unpaired) electrons. The van der Waals surface area contributed by atoms with Crippen molar-refractivity contribution in [1.29, 1.82) is 0 Å². The first-order valence-electron chi connectivity index (χ1n) is 17.1. The van der Waals surface area contributed by atoms with Crippen molar-refractivity contribution in [2.24, 2.45) is 0 Å². The van der Waals surface area contributed by atoms with Crippen LogP contribution in [0.3, 0.4) is 0 Å². The normalized spacial score (nSPS) is 19.7. The lowest BCUT2D eigenvalue weighted by Crippen LogP contribution is -2.49. The summed E-state index contributed by atoms with van der Waals surface area (Å²) in [4.78, 5) is 0. The van der Waals surface area contributed by atoms with Crippen molar-refractivity contribution in [3.05, 3.63) is 53.6 Å². The number of rotatable bonds is 15. The van der Waals surface area contributed by atoms with Crippen molar-refractivity contribution in [2.75, 3.05) is 0 Å². The van der Waals surface area contributed by atoms with E-state index in [1.165, 1.54) is 107 Å². The molecule has 41 heavy (non-hydrogen) atoms. The highest BCUT2D eigenvalue weighted by atomic mass is 16.7. The zero-order valence-electron chi connectivity index (χ0n) is 27.8. The summed E-state index contributed by atoms with van der Waals surface area (Å²) in [5.41, 5.74) is 6.51. The van der Waals surface area contributed by atoms with Gasteiger partial charge in [-0.2, -0.15) is 0 Å². The van der Waals surface area contributed by atoms with E-state index in [9.17, 15) is 0 Å². The second-order valence-corrected chi connectivity index (χ2v) is 14.7. The van der Waals surface area contributed by atoms with Crippen LogP contribution in [0.5, 0.6) is 0 Å².